The van der Waals surface area contributed by atoms with Gasteiger partial charge in [-0.25, -0.2) is 4.98 Å². The highest BCUT2D eigenvalue weighted by Gasteiger charge is 2.10. The molecule has 0 bridgehead atoms. The van der Waals surface area contributed by atoms with E-state index in [1.54, 1.807) is 6.92 Å². The van der Waals surface area contributed by atoms with E-state index in [4.69, 9.17) is 10.8 Å². The fraction of sp³-hybridized carbons (Fsp3) is 0.444. The Bertz CT molecular complexity index is 429. The SMILES string of the molecule is CC(CCNc1nc[nH]c(=O)c1N)C(=O)O. The molecule has 1 aromatic rings. The highest BCUT2D eigenvalue weighted by Crippen LogP contribution is 2.08. The number of nitrogens with zero attached hydrogens (tertiary/aromatic N) is 1. The van der Waals surface area contributed by atoms with E-state index in [1.165, 1.54) is 6.33 Å². The summed E-state index contributed by atoms with van der Waals surface area (Å²) in [6, 6.07) is 0. The molecule has 5 N–H and O–H groups in total. The molecule has 0 saturated carbocycles. The first-order chi connectivity index (χ1) is 7.52. The molecule has 16 heavy (non-hydrogen) atoms. The molecule has 0 aliphatic carbocycles. The third-order valence-electron chi connectivity index (χ3n) is 2.18. The molecule has 7 heteroatoms. The lowest BCUT2D eigenvalue weighted by Gasteiger charge is -2.08. The zero-order chi connectivity index (χ0) is 12.1. The Hall–Kier alpha value is -2.05. The number of carboxylic acids is 1. The number of hydrogen-bond acceptors (Lipinski definition) is 5. The highest BCUT2D eigenvalue weighted by molar-refractivity contribution is 5.69. The van der Waals surface area contributed by atoms with Crippen LogP contribution < -0.4 is 16.6 Å². The van der Waals surface area contributed by atoms with Gasteiger partial charge >= 0.3 is 5.97 Å². The van der Waals surface area contributed by atoms with Gasteiger partial charge in [0.05, 0.1) is 12.2 Å². The van der Waals surface area contributed by atoms with Crippen molar-refractivity contribution in [1.29, 1.82) is 0 Å². The van der Waals surface area contributed by atoms with Gasteiger partial charge in [0.2, 0.25) is 0 Å². The van der Waals surface area contributed by atoms with Gasteiger partial charge in [0.1, 0.15) is 5.69 Å². The second-order valence-electron chi connectivity index (χ2n) is 3.45. The highest BCUT2D eigenvalue weighted by atomic mass is 16.4. The Balaban J connectivity index is 2.53. The minimum absolute atomic E-state index is 0.00507. The Morgan fingerprint density at radius 1 is 1.75 bits per heavy atom. The van der Waals surface area contributed by atoms with E-state index in [-0.39, 0.29) is 11.5 Å². The molecule has 0 aliphatic rings. The summed E-state index contributed by atoms with van der Waals surface area (Å²) in [5, 5.41) is 11.5. The number of nitrogens with two attached hydrogens (primary N) is 1. The summed E-state index contributed by atoms with van der Waals surface area (Å²) >= 11 is 0. The van der Waals surface area contributed by atoms with Crippen LogP contribution >= 0.6 is 0 Å². The molecule has 88 valence electrons. The van der Waals surface area contributed by atoms with Gasteiger partial charge in [0.25, 0.3) is 5.56 Å². The van der Waals surface area contributed by atoms with Gasteiger partial charge in [-0.05, 0) is 6.42 Å². The quantitative estimate of drug-likeness (QED) is 0.555. The maximum absolute atomic E-state index is 11.1. The number of nitrogens with one attached hydrogen (secondary N) is 2. The summed E-state index contributed by atoms with van der Waals surface area (Å²) in [6.07, 6.45) is 1.67. The number of carboxylic acid groups (broad SMARTS) is 1. The summed E-state index contributed by atoms with van der Waals surface area (Å²) in [5.41, 5.74) is 5.07. The van der Waals surface area contributed by atoms with E-state index >= 15 is 0 Å². The standard InChI is InChI=1S/C9H14N4O3/c1-5(9(15)16)2-3-11-7-6(10)8(14)13-4-12-7/h4-5H,2-3,10H2,1H3,(H,15,16)(H2,11,12,13,14). The maximum atomic E-state index is 11.1. The largest absolute Gasteiger partial charge is 0.481 e. The third kappa shape index (κ3) is 2.97. The van der Waals surface area contributed by atoms with Crippen LogP contribution in [-0.4, -0.2) is 27.6 Å². The van der Waals surface area contributed by atoms with Crippen molar-refractivity contribution in [3.8, 4) is 0 Å². The fourth-order valence-electron chi connectivity index (χ4n) is 1.08. The molecule has 1 aromatic heterocycles. The molecule has 0 amide bonds. The number of aromatic nitrogens is 2. The predicted octanol–water partition coefficient (Wildman–Crippen LogP) is -0.125. The molecule has 1 atom stereocenters. The topological polar surface area (TPSA) is 121 Å². The molecular weight excluding hydrogens is 212 g/mol. The van der Waals surface area contributed by atoms with Crippen molar-refractivity contribution < 1.29 is 9.90 Å². The average molecular weight is 226 g/mol. The third-order valence-corrected chi connectivity index (χ3v) is 2.18. The van der Waals surface area contributed by atoms with Gasteiger partial charge < -0.3 is 21.1 Å². The zero-order valence-electron chi connectivity index (χ0n) is 8.86. The molecule has 0 saturated heterocycles. The van der Waals surface area contributed by atoms with E-state index in [2.05, 4.69) is 15.3 Å². The van der Waals surface area contributed by atoms with Gasteiger partial charge in [-0.2, -0.15) is 0 Å². The molecule has 7 nitrogen and oxygen atoms in total. The van der Waals surface area contributed by atoms with Crippen molar-refractivity contribution in [2.75, 3.05) is 17.6 Å². The summed E-state index contributed by atoms with van der Waals surface area (Å²) < 4.78 is 0. The number of hydrogen-bond donors (Lipinski definition) is 4. The lowest BCUT2D eigenvalue weighted by molar-refractivity contribution is -0.141. The van der Waals surface area contributed by atoms with E-state index in [0.29, 0.717) is 13.0 Å². The molecule has 1 heterocycles. The minimum Gasteiger partial charge on any atom is -0.481 e. The van der Waals surface area contributed by atoms with Crippen LogP contribution in [0, 0.1) is 5.92 Å². The number of aromatic amines is 1. The molecule has 0 spiro atoms. The smallest absolute Gasteiger partial charge is 0.306 e. The van der Waals surface area contributed by atoms with Crippen molar-refractivity contribution in [2.45, 2.75) is 13.3 Å². The maximum Gasteiger partial charge on any atom is 0.306 e. The Kier molecular flexibility index (Phi) is 3.87. The van der Waals surface area contributed by atoms with Crippen molar-refractivity contribution in [3.63, 3.8) is 0 Å². The molecule has 1 unspecified atom stereocenters. The van der Waals surface area contributed by atoms with E-state index in [0.717, 1.165) is 0 Å². The van der Waals surface area contributed by atoms with Gasteiger partial charge in [-0.3, -0.25) is 9.59 Å². The first kappa shape index (κ1) is 12.0. The van der Waals surface area contributed by atoms with Crippen molar-refractivity contribution in [2.24, 2.45) is 5.92 Å². The van der Waals surface area contributed by atoms with Crippen molar-refractivity contribution in [1.82, 2.24) is 9.97 Å². The molecule has 0 fully saturated rings. The molecule has 0 aliphatic heterocycles. The van der Waals surface area contributed by atoms with Crippen LogP contribution in [0.2, 0.25) is 0 Å². The van der Waals surface area contributed by atoms with Gasteiger partial charge in [-0.15, -0.1) is 0 Å². The molecule has 0 aromatic carbocycles. The fourth-order valence-corrected chi connectivity index (χ4v) is 1.08. The van der Waals surface area contributed by atoms with Crippen LogP contribution in [0.3, 0.4) is 0 Å². The second kappa shape index (κ2) is 5.15. The van der Waals surface area contributed by atoms with Crippen LogP contribution in [0.1, 0.15) is 13.3 Å². The number of H-pyrrole nitrogens is 1. The van der Waals surface area contributed by atoms with Crippen LogP contribution in [-0.2, 0) is 4.79 Å². The summed E-state index contributed by atoms with van der Waals surface area (Å²) in [6.45, 7) is 2.01. The lowest BCUT2D eigenvalue weighted by atomic mass is 10.1. The Morgan fingerprint density at radius 2 is 2.44 bits per heavy atom. The minimum atomic E-state index is -0.853. The molecular formula is C9H14N4O3. The lowest BCUT2D eigenvalue weighted by Crippen LogP contribution is -2.19. The van der Waals surface area contributed by atoms with E-state index in [9.17, 15) is 9.59 Å². The van der Waals surface area contributed by atoms with Gasteiger partial charge in [0, 0.05) is 6.54 Å². The van der Waals surface area contributed by atoms with E-state index in [1.807, 2.05) is 0 Å². The van der Waals surface area contributed by atoms with Gasteiger partial charge in [0.15, 0.2) is 5.82 Å². The van der Waals surface area contributed by atoms with Crippen LogP contribution in [0.5, 0.6) is 0 Å². The summed E-state index contributed by atoms with van der Waals surface area (Å²) in [4.78, 5) is 27.8. The molecule has 0 radical (unpaired) electrons. The number of nitrogen functional groups attached to an aromatic ring is 1. The van der Waals surface area contributed by atoms with Crippen molar-refractivity contribution in [3.05, 3.63) is 16.7 Å². The normalized spacial score (nSPS) is 12.1. The number of aliphatic carboxylic acids is 1. The van der Waals surface area contributed by atoms with Crippen LogP contribution in [0.15, 0.2) is 11.1 Å². The summed E-state index contributed by atoms with van der Waals surface area (Å²) in [7, 11) is 0. The first-order valence-electron chi connectivity index (χ1n) is 4.82. The monoisotopic (exact) mass is 226 g/mol. The predicted molar refractivity (Wildman–Crippen MR) is 59.2 cm³/mol. The Morgan fingerprint density at radius 3 is 3.06 bits per heavy atom. The zero-order valence-corrected chi connectivity index (χ0v) is 8.86. The van der Waals surface area contributed by atoms with Crippen LogP contribution in [0.25, 0.3) is 0 Å². The summed E-state index contributed by atoms with van der Waals surface area (Å²) in [5.74, 6) is -1.02. The molecule has 1 rings (SSSR count). The second-order valence-corrected chi connectivity index (χ2v) is 3.45. The number of rotatable bonds is 5. The first-order valence-corrected chi connectivity index (χ1v) is 4.82. The average Bonchev–Trinajstić information content (AvgIpc) is 2.24. The van der Waals surface area contributed by atoms with Gasteiger partial charge in [-0.1, -0.05) is 6.92 Å². The Labute approximate surface area is 91.7 Å². The van der Waals surface area contributed by atoms with E-state index < -0.39 is 17.4 Å². The van der Waals surface area contributed by atoms with Crippen LogP contribution in [0.4, 0.5) is 11.5 Å². The number of carbonyl (C=O) groups is 1. The number of anilines is 2. The van der Waals surface area contributed by atoms with Crippen molar-refractivity contribution >= 4 is 17.5 Å².